The molecule has 0 saturated heterocycles. The second-order valence-electron chi connectivity index (χ2n) is 6.85. The van der Waals surface area contributed by atoms with E-state index in [0.717, 1.165) is 5.56 Å². The number of hydrogen-bond donors (Lipinski definition) is 1. The summed E-state index contributed by atoms with van der Waals surface area (Å²) in [5.74, 6) is -1.42. The highest BCUT2D eigenvalue weighted by Crippen LogP contribution is 2.19. The molecule has 0 aliphatic carbocycles. The molecule has 0 aliphatic rings. The molecule has 0 aliphatic heterocycles. The van der Waals surface area contributed by atoms with Gasteiger partial charge in [0.15, 0.2) is 11.4 Å². The normalized spacial score (nSPS) is 10.9. The number of nitrogens with zero attached hydrogens (tertiary/aromatic N) is 1. The van der Waals surface area contributed by atoms with E-state index in [1.807, 2.05) is 0 Å². The number of benzene rings is 3. The van der Waals surface area contributed by atoms with Gasteiger partial charge in [-0.05, 0) is 55.0 Å². The minimum Gasteiger partial charge on any atom is -0.408 e. The molecular weight excluding hydrogens is 387 g/mol. The summed E-state index contributed by atoms with van der Waals surface area (Å²) in [7, 11) is 0. The summed E-state index contributed by atoms with van der Waals surface area (Å²) in [5, 5.41) is 2.75. The van der Waals surface area contributed by atoms with E-state index in [0.29, 0.717) is 27.9 Å². The van der Waals surface area contributed by atoms with Crippen LogP contribution in [0.3, 0.4) is 0 Å². The molecule has 0 fully saturated rings. The number of nitrogens with one attached hydrogen (secondary N) is 1. The number of ketones is 1. The first kappa shape index (κ1) is 19.3. The summed E-state index contributed by atoms with van der Waals surface area (Å²) in [6.45, 7) is 1.63. The lowest BCUT2D eigenvalue weighted by molar-refractivity contribution is 0.101. The molecule has 6 nitrogen and oxygen atoms in total. The zero-order valence-corrected chi connectivity index (χ0v) is 16.0. The first-order valence-electron chi connectivity index (χ1n) is 9.21. The maximum absolute atomic E-state index is 13.1. The molecule has 1 N–H and O–H groups in total. The molecule has 0 spiro atoms. The maximum atomic E-state index is 13.1. The zero-order valence-electron chi connectivity index (χ0n) is 16.0. The van der Waals surface area contributed by atoms with Gasteiger partial charge in [-0.3, -0.25) is 14.2 Å². The van der Waals surface area contributed by atoms with Crippen molar-refractivity contribution in [2.24, 2.45) is 0 Å². The van der Waals surface area contributed by atoms with Gasteiger partial charge in [0.05, 0.1) is 12.1 Å². The smallest absolute Gasteiger partial charge is 0.408 e. The van der Waals surface area contributed by atoms with Crippen molar-refractivity contribution in [2.45, 2.75) is 13.5 Å². The number of aromatic nitrogens is 1. The van der Waals surface area contributed by atoms with Crippen LogP contribution in [0.25, 0.3) is 11.1 Å². The lowest BCUT2D eigenvalue weighted by atomic mass is 10.1. The van der Waals surface area contributed by atoms with Gasteiger partial charge in [-0.25, -0.2) is 9.18 Å². The number of halogens is 1. The Morgan fingerprint density at radius 1 is 1.00 bits per heavy atom. The standard InChI is InChI=1S/C23H17FN2O4/c1-14(27)16-3-2-4-19(11-16)25-22(28)17-7-10-21-20(12-17)26(23(29)30-21)13-15-5-8-18(24)9-6-15/h2-12H,13H2,1H3,(H,25,28). The van der Waals surface area contributed by atoms with Crippen LogP contribution in [0.15, 0.2) is 75.9 Å². The van der Waals surface area contributed by atoms with E-state index in [1.165, 1.54) is 23.6 Å². The van der Waals surface area contributed by atoms with Crippen molar-refractivity contribution < 1.29 is 18.4 Å². The third kappa shape index (κ3) is 3.91. The van der Waals surface area contributed by atoms with E-state index < -0.39 is 5.76 Å². The van der Waals surface area contributed by atoms with Crippen LogP contribution in [-0.4, -0.2) is 16.3 Å². The van der Waals surface area contributed by atoms with Gasteiger partial charge in [-0.1, -0.05) is 24.3 Å². The topological polar surface area (TPSA) is 81.3 Å². The Morgan fingerprint density at radius 2 is 1.77 bits per heavy atom. The number of fused-ring (bicyclic) bond motifs is 1. The number of carbonyl (C=O) groups is 2. The largest absolute Gasteiger partial charge is 0.420 e. The Kier molecular flexibility index (Phi) is 5.02. The van der Waals surface area contributed by atoms with Crippen LogP contribution in [0.1, 0.15) is 33.2 Å². The summed E-state index contributed by atoms with van der Waals surface area (Å²) in [6, 6.07) is 17.1. The first-order valence-corrected chi connectivity index (χ1v) is 9.21. The van der Waals surface area contributed by atoms with Crippen LogP contribution >= 0.6 is 0 Å². The fourth-order valence-corrected chi connectivity index (χ4v) is 3.14. The molecule has 4 rings (SSSR count). The first-order chi connectivity index (χ1) is 14.4. The summed E-state index contributed by atoms with van der Waals surface area (Å²) in [4.78, 5) is 36.5. The van der Waals surface area contributed by atoms with Crippen LogP contribution in [0.2, 0.25) is 0 Å². The lowest BCUT2D eigenvalue weighted by Gasteiger charge is -2.07. The molecule has 30 heavy (non-hydrogen) atoms. The molecule has 0 radical (unpaired) electrons. The summed E-state index contributed by atoms with van der Waals surface area (Å²) in [5.41, 5.74) is 2.82. The second kappa shape index (κ2) is 7.79. The number of Topliss-reactive ketones (excluding diaryl/α,β-unsaturated/α-hetero) is 1. The number of rotatable bonds is 5. The Labute approximate surface area is 170 Å². The van der Waals surface area contributed by atoms with E-state index in [-0.39, 0.29) is 24.1 Å². The third-order valence-corrected chi connectivity index (χ3v) is 4.71. The van der Waals surface area contributed by atoms with E-state index >= 15 is 0 Å². The average molecular weight is 404 g/mol. The van der Waals surface area contributed by atoms with Gasteiger partial charge in [0, 0.05) is 16.8 Å². The molecule has 1 heterocycles. The fraction of sp³-hybridized carbons (Fsp3) is 0.0870. The molecule has 7 heteroatoms. The minimum atomic E-state index is -0.568. The van der Waals surface area contributed by atoms with Crippen LogP contribution < -0.4 is 11.1 Å². The summed E-state index contributed by atoms with van der Waals surface area (Å²) < 4.78 is 19.8. The molecule has 1 aromatic heterocycles. The van der Waals surface area contributed by atoms with Gasteiger partial charge in [-0.2, -0.15) is 0 Å². The number of hydrogen-bond acceptors (Lipinski definition) is 4. The molecule has 4 aromatic rings. The van der Waals surface area contributed by atoms with E-state index in [9.17, 15) is 18.8 Å². The molecule has 0 bridgehead atoms. The van der Waals surface area contributed by atoms with Gasteiger partial charge in [-0.15, -0.1) is 0 Å². The van der Waals surface area contributed by atoms with Crippen molar-refractivity contribution in [3.63, 3.8) is 0 Å². The molecule has 150 valence electrons. The van der Waals surface area contributed by atoms with Crippen molar-refractivity contribution in [1.29, 1.82) is 0 Å². The van der Waals surface area contributed by atoms with Crippen molar-refractivity contribution >= 4 is 28.5 Å². The van der Waals surface area contributed by atoms with Crippen molar-refractivity contribution in [1.82, 2.24) is 4.57 Å². The lowest BCUT2D eigenvalue weighted by Crippen LogP contribution is -2.16. The SMILES string of the molecule is CC(=O)c1cccc(NC(=O)c2ccc3oc(=O)n(Cc4ccc(F)cc4)c3c2)c1. The van der Waals surface area contributed by atoms with Gasteiger partial charge < -0.3 is 9.73 Å². The molecule has 0 atom stereocenters. The zero-order chi connectivity index (χ0) is 21.3. The van der Waals surface area contributed by atoms with Gasteiger partial charge in [0.25, 0.3) is 5.91 Å². The molecule has 0 unspecified atom stereocenters. The Morgan fingerprint density at radius 3 is 2.50 bits per heavy atom. The van der Waals surface area contributed by atoms with Crippen LogP contribution in [0, 0.1) is 5.82 Å². The van der Waals surface area contributed by atoms with E-state index in [1.54, 1.807) is 54.6 Å². The van der Waals surface area contributed by atoms with Crippen molar-refractivity contribution in [2.75, 3.05) is 5.32 Å². The maximum Gasteiger partial charge on any atom is 0.420 e. The van der Waals surface area contributed by atoms with Crippen molar-refractivity contribution in [3.8, 4) is 0 Å². The number of oxazole rings is 1. The minimum absolute atomic E-state index is 0.101. The number of amides is 1. The predicted molar refractivity (Wildman–Crippen MR) is 110 cm³/mol. The molecule has 0 saturated carbocycles. The highest BCUT2D eigenvalue weighted by atomic mass is 19.1. The van der Waals surface area contributed by atoms with Gasteiger partial charge in [0.2, 0.25) is 0 Å². The predicted octanol–water partition coefficient (Wildman–Crippen LogP) is 4.24. The highest BCUT2D eigenvalue weighted by molar-refractivity contribution is 6.06. The highest BCUT2D eigenvalue weighted by Gasteiger charge is 2.14. The van der Waals surface area contributed by atoms with Gasteiger partial charge in [0.1, 0.15) is 5.82 Å². The Bertz CT molecular complexity index is 1320. The molecule has 3 aromatic carbocycles. The van der Waals surface area contributed by atoms with E-state index in [2.05, 4.69) is 5.32 Å². The van der Waals surface area contributed by atoms with Crippen LogP contribution in [0.5, 0.6) is 0 Å². The third-order valence-electron chi connectivity index (χ3n) is 4.71. The quantitative estimate of drug-likeness (QED) is 0.505. The molecule has 1 amide bonds. The fourth-order valence-electron chi connectivity index (χ4n) is 3.14. The number of carbonyl (C=O) groups excluding carboxylic acids is 2. The summed E-state index contributed by atoms with van der Waals surface area (Å²) in [6.07, 6.45) is 0. The second-order valence-corrected chi connectivity index (χ2v) is 6.85. The average Bonchev–Trinajstić information content (AvgIpc) is 3.04. The molecular formula is C23H17FN2O4. The summed E-state index contributed by atoms with van der Waals surface area (Å²) >= 11 is 0. The van der Waals surface area contributed by atoms with Crippen molar-refractivity contribution in [3.05, 3.63) is 99.8 Å². The Hall–Kier alpha value is -4.00. The van der Waals surface area contributed by atoms with E-state index in [4.69, 9.17) is 4.42 Å². The van der Waals surface area contributed by atoms with Crippen LogP contribution in [-0.2, 0) is 6.54 Å². The Balaban J connectivity index is 1.64. The van der Waals surface area contributed by atoms with Crippen LogP contribution in [0.4, 0.5) is 10.1 Å². The number of anilines is 1. The monoisotopic (exact) mass is 404 g/mol. The van der Waals surface area contributed by atoms with Gasteiger partial charge >= 0.3 is 5.76 Å².